The minimum Gasteiger partial charge on any atom is -0.449 e. The second kappa shape index (κ2) is 13.5. The molecule has 48 heavy (non-hydrogen) atoms. The normalized spacial score (nSPS) is 19.1. The number of amides is 2. The minimum absolute atomic E-state index is 0.0632. The number of aromatic nitrogens is 1. The third-order valence-corrected chi connectivity index (χ3v) is 10.6. The second-order valence-corrected chi connectivity index (χ2v) is 14.1. The van der Waals surface area contributed by atoms with Crippen LogP contribution in [0.15, 0.2) is 101 Å². The van der Waals surface area contributed by atoms with Gasteiger partial charge in [0, 0.05) is 37.6 Å². The van der Waals surface area contributed by atoms with Crippen LogP contribution in [0, 0.1) is 11.7 Å². The molecule has 1 aliphatic carbocycles. The Morgan fingerprint density at radius 2 is 1.83 bits per heavy atom. The Morgan fingerprint density at radius 1 is 1.08 bits per heavy atom. The number of carbonyl (C=O) groups excluding carboxylic acids is 2. The van der Waals surface area contributed by atoms with Crippen molar-refractivity contribution in [1.82, 2.24) is 15.2 Å². The molecule has 12 heteroatoms. The summed E-state index contributed by atoms with van der Waals surface area (Å²) < 4.78 is 48.6. The zero-order valence-corrected chi connectivity index (χ0v) is 27.4. The number of anilines is 2. The number of sulfone groups is 1. The molecule has 248 valence electrons. The van der Waals surface area contributed by atoms with Crippen molar-refractivity contribution in [3.8, 4) is 0 Å². The number of nitrogen functional groups attached to an aromatic ring is 1. The molecule has 0 fully saturated rings. The molecular weight excluding hydrogens is 633 g/mol. The second-order valence-electron chi connectivity index (χ2n) is 12.2. The molecule has 2 amide bonds. The molecule has 1 aromatic heterocycles. The zero-order valence-electron chi connectivity index (χ0n) is 26.6. The topological polar surface area (TPSA) is 144 Å². The number of fused-ring (bicyclic) bond motifs is 10. The van der Waals surface area contributed by atoms with Crippen LogP contribution in [-0.2, 0) is 31.5 Å². The summed E-state index contributed by atoms with van der Waals surface area (Å²) in [5, 5.41) is 6.69. The molecule has 0 radical (unpaired) electrons. The Morgan fingerprint density at radius 3 is 2.58 bits per heavy atom. The highest BCUT2D eigenvalue weighted by atomic mass is 32.2. The first-order valence-corrected chi connectivity index (χ1v) is 17.2. The third kappa shape index (κ3) is 7.03. The summed E-state index contributed by atoms with van der Waals surface area (Å²) in [6.07, 6.45) is 3.18. The Balaban J connectivity index is 1.41. The fourth-order valence-electron chi connectivity index (χ4n) is 6.36. The summed E-state index contributed by atoms with van der Waals surface area (Å²) in [7, 11) is -2.24. The number of nitrogens with one attached hydrogen (secondary N) is 2. The maximum absolute atomic E-state index is 15.3. The first-order valence-electron chi connectivity index (χ1n) is 15.6. The van der Waals surface area contributed by atoms with E-state index in [-0.39, 0.29) is 47.3 Å². The van der Waals surface area contributed by atoms with Gasteiger partial charge in [0.1, 0.15) is 17.7 Å². The van der Waals surface area contributed by atoms with E-state index >= 15 is 4.39 Å². The van der Waals surface area contributed by atoms with Crippen molar-refractivity contribution < 1.29 is 27.1 Å². The van der Waals surface area contributed by atoms with Crippen LogP contribution in [0.25, 0.3) is 10.8 Å². The van der Waals surface area contributed by atoms with Crippen LogP contribution in [0.5, 0.6) is 0 Å². The van der Waals surface area contributed by atoms with Gasteiger partial charge in [0.05, 0.1) is 22.7 Å². The van der Waals surface area contributed by atoms with E-state index in [1.54, 1.807) is 68.6 Å². The molecule has 0 saturated carbocycles. The van der Waals surface area contributed by atoms with Gasteiger partial charge < -0.3 is 20.7 Å². The number of pyridine rings is 1. The number of hydrogen-bond acceptors (Lipinski definition) is 8. The fraction of sp³-hybridized carbons (Fsp3) is 0.250. The predicted octanol–water partition coefficient (Wildman–Crippen LogP) is 5.64. The number of nitrogens with two attached hydrogens (primary N) is 1. The van der Waals surface area contributed by atoms with E-state index in [1.165, 1.54) is 17.2 Å². The van der Waals surface area contributed by atoms with Crippen molar-refractivity contribution >= 4 is 44.1 Å². The van der Waals surface area contributed by atoms with Crippen LogP contribution in [0.3, 0.4) is 0 Å². The van der Waals surface area contributed by atoms with Crippen LogP contribution in [0.2, 0.25) is 0 Å². The molecule has 3 aromatic carbocycles. The number of halogens is 1. The van der Waals surface area contributed by atoms with E-state index in [4.69, 9.17) is 10.5 Å². The predicted molar refractivity (Wildman–Crippen MR) is 183 cm³/mol. The van der Waals surface area contributed by atoms with E-state index in [0.29, 0.717) is 39.9 Å². The molecule has 1 unspecified atom stereocenters. The molecule has 10 nitrogen and oxygen atoms in total. The monoisotopic (exact) mass is 669 g/mol. The molecule has 3 aliphatic rings. The Labute approximate surface area is 278 Å². The number of allylic oxidation sites excluding steroid dienone is 2. The lowest BCUT2D eigenvalue weighted by atomic mass is 9.94. The van der Waals surface area contributed by atoms with Gasteiger partial charge in [0.2, 0.25) is 5.91 Å². The maximum atomic E-state index is 15.3. The summed E-state index contributed by atoms with van der Waals surface area (Å²) in [6.45, 7) is 1.84. The largest absolute Gasteiger partial charge is 0.449 e. The molecule has 4 aromatic rings. The van der Waals surface area contributed by atoms with Gasteiger partial charge in [-0.3, -0.25) is 10.1 Å². The highest BCUT2D eigenvalue weighted by Gasteiger charge is 2.33. The van der Waals surface area contributed by atoms with Gasteiger partial charge >= 0.3 is 6.09 Å². The Hall–Kier alpha value is -5.23. The summed E-state index contributed by atoms with van der Waals surface area (Å²) in [5.74, 6) is -1.60. The third-order valence-electron chi connectivity index (χ3n) is 8.56. The molecule has 4 bridgehead atoms. The smallest absolute Gasteiger partial charge is 0.411 e. The van der Waals surface area contributed by atoms with Gasteiger partial charge in [-0.15, -0.1) is 0 Å². The lowest BCUT2D eigenvalue weighted by Crippen LogP contribution is -2.38. The SMILES string of the molecule is CC1CC2=CC(=C1S(=O)(=O)Cc1ccccc1)CN(C)C(=O)[C@H](Nc1cc(F)c3c(N)nccc3c1)c1ccc(cc1)CCOC(=O)N2. The average Bonchev–Trinajstić information content (AvgIpc) is 3.03. The summed E-state index contributed by atoms with van der Waals surface area (Å²) in [4.78, 5) is 32.7. The van der Waals surface area contributed by atoms with Crippen LogP contribution in [0.4, 0.5) is 20.7 Å². The highest BCUT2D eigenvalue weighted by molar-refractivity contribution is 7.94. The number of ether oxygens (including phenoxy) is 1. The molecule has 4 N–H and O–H groups in total. The van der Waals surface area contributed by atoms with E-state index < -0.39 is 33.7 Å². The molecule has 2 atom stereocenters. The van der Waals surface area contributed by atoms with E-state index in [1.807, 2.05) is 18.2 Å². The lowest BCUT2D eigenvalue weighted by Gasteiger charge is -2.30. The number of alkyl carbamates (subject to hydrolysis) is 1. The van der Waals surface area contributed by atoms with Crippen molar-refractivity contribution in [3.05, 3.63) is 124 Å². The van der Waals surface area contributed by atoms with Gasteiger partial charge in [0.15, 0.2) is 9.84 Å². The molecule has 7 rings (SSSR count). The molecule has 0 saturated heterocycles. The maximum Gasteiger partial charge on any atom is 0.411 e. The summed E-state index contributed by atoms with van der Waals surface area (Å²) >= 11 is 0. The van der Waals surface area contributed by atoms with Gasteiger partial charge in [-0.1, -0.05) is 61.5 Å². The van der Waals surface area contributed by atoms with Gasteiger partial charge in [-0.2, -0.15) is 0 Å². The van der Waals surface area contributed by atoms with Crippen LogP contribution in [-0.4, -0.2) is 50.5 Å². The van der Waals surface area contributed by atoms with Crippen molar-refractivity contribution in [3.63, 3.8) is 0 Å². The summed E-state index contributed by atoms with van der Waals surface area (Å²) in [5.41, 5.74) is 9.29. The number of benzene rings is 3. The molecule has 0 spiro atoms. The molecular formula is C36H36FN5O5S. The lowest BCUT2D eigenvalue weighted by molar-refractivity contribution is -0.130. The van der Waals surface area contributed by atoms with Gasteiger partial charge in [-0.25, -0.2) is 22.6 Å². The van der Waals surface area contributed by atoms with Crippen LogP contribution < -0.4 is 16.4 Å². The number of likely N-dealkylation sites (N-methyl/N-ethyl adjacent to an activating group) is 1. The van der Waals surface area contributed by atoms with Gasteiger partial charge in [-0.05, 0) is 64.3 Å². The quantitative estimate of drug-likeness (QED) is 0.248. The van der Waals surface area contributed by atoms with Crippen molar-refractivity contribution in [2.75, 3.05) is 31.2 Å². The molecule has 3 heterocycles. The number of carbonyl (C=O) groups is 2. The van der Waals surface area contributed by atoms with Crippen molar-refractivity contribution in [2.45, 2.75) is 31.6 Å². The van der Waals surface area contributed by atoms with Crippen LogP contribution in [0.1, 0.15) is 36.1 Å². The summed E-state index contributed by atoms with van der Waals surface area (Å²) in [6, 6.07) is 19.8. The zero-order chi connectivity index (χ0) is 34.0. The number of hydrogen-bond donors (Lipinski definition) is 3. The van der Waals surface area contributed by atoms with Gasteiger partial charge in [0.25, 0.3) is 0 Å². The Kier molecular flexibility index (Phi) is 9.18. The Bertz CT molecular complexity index is 2050. The fourth-order valence-corrected chi connectivity index (χ4v) is 8.36. The number of nitrogens with zero attached hydrogens (tertiary/aromatic N) is 2. The van der Waals surface area contributed by atoms with Crippen molar-refractivity contribution in [2.24, 2.45) is 5.92 Å². The highest BCUT2D eigenvalue weighted by Crippen LogP contribution is 2.35. The minimum atomic E-state index is -3.83. The average molecular weight is 670 g/mol. The number of rotatable bonds is 5. The van der Waals surface area contributed by atoms with Crippen molar-refractivity contribution in [1.29, 1.82) is 0 Å². The van der Waals surface area contributed by atoms with E-state index in [2.05, 4.69) is 15.6 Å². The van der Waals surface area contributed by atoms with E-state index in [0.717, 1.165) is 5.56 Å². The van der Waals surface area contributed by atoms with Crippen LogP contribution >= 0.6 is 0 Å². The van der Waals surface area contributed by atoms with E-state index in [9.17, 15) is 18.0 Å². The first-order chi connectivity index (χ1) is 23.0. The first kappa shape index (κ1) is 32.7. The molecule has 2 aliphatic heterocycles. The standard InChI is InChI=1S/C36H36FN5O5S/c1-22-16-28-18-27(33(22)48(45,46)21-24-6-4-3-5-7-24)20-42(2)35(43)32(25-10-8-23(9-11-25)13-15-47-36(44)41-28)40-29-17-26-12-14-39-34(38)31(26)30(37)19-29/h3-12,14,17-19,22,32,40H,13,15-16,20-21H2,1-2H3,(H2,38,39)(H,41,44)/t22?,32-/m1/s1.